The summed E-state index contributed by atoms with van der Waals surface area (Å²) in [4.78, 5) is 1.44. The van der Waals surface area contributed by atoms with E-state index < -0.39 is 0 Å². The predicted octanol–water partition coefficient (Wildman–Crippen LogP) is 4.60. The fourth-order valence-corrected chi connectivity index (χ4v) is 3.39. The molecule has 0 aliphatic heterocycles. The van der Waals surface area contributed by atoms with Crippen molar-refractivity contribution in [2.75, 3.05) is 7.05 Å². The van der Waals surface area contributed by atoms with Gasteiger partial charge in [-0.25, -0.2) is 0 Å². The van der Waals surface area contributed by atoms with Gasteiger partial charge < -0.3 is 5.32 Å². The Hall–Kier alpha value is 0.140. The third-order valence-corrected chi connectivity index (χ3v) is 4.75. The number of nitrogens with one attached hydrogen (secondary N) is 1. The zero-order valence-corrected chi connectivity index (χ0v) is 12.1. The molecule has 1 heterocycles. The molecule has 1 rings (SSSR count). The molecule has 1 unspecified atom stereocenters. The number of hydrogen-bond donors (Lipinski definition) is 1. The highest BCUT2D eigenvalue weighted by atomic mass is 79.9. The van der Waals surface area contributed by atoms with Crippen LogP contribution in [-0.4, -0.2) is 7.05 Å². The molecule has 1 N–H and O–H groups in total. The number of halogens is 1. The highest BCUT2D eigenvalue weighted by molar-refractivity contribution is 9.11. The highest BCUT2D eigenvalue weighted by Crippen LogP contribution is 2.31. The van der Waals surface area contributed by atoms with Crippen molar-refractivity contribution in [3.8, 4) is 0 Å². The Balaban J connectivity index is 2.63. The Morgan fingerprint density at radius 2 is 2.00 bits per heavy atom. The van der Waals surface area contributed by atoms with Gasteiger partial charge >= 0.3 is 0 Å². The Labute approximate surface area is 105 Å². The van der Waals surface area contributed by atoms with E-state index >= 15 is 0 Å². The minimum absolute atomic E-state index is 0.520. The SMILES string of the molecule is CCC(CC)CC(NC)c1ccc(Br)s1. The number of hydrogen-bond acceptors (Lipinski definition) is 2. The standard InChI is InChI=1S/C12H20BrNS/c1-4-9(5-2)8-10(14-3)11-6-7-12(13)15-11/h6-7,9-10,14H,4-5,8H2,1-3H3. The van der Waals surface area contributed by atoms with Gasteiger partial charge in [-0.15, -0.1) is 11.3 Å². The first-order valence-corrected chi connectivity index (χ1v) is 7.24. The molecule has 0 aliphatic carbocycles. The van der Waals surface area contributed by atoms with Crippen LogP contribution in [0.25, 0.3) is 0 Å². The van der Waals surface area contributed by atoms with Gasteiger partial charge in [0.1, 0.15) is 0 Å². The van der Waals surface area contributed by atoms with Gasteiger partial charge in [0.25, 0.3) is 0 Å². The maximum absolute atomic E-state index is 3.52. The molecule has 1 aromatic rings. The topological polar surface area (TPSA) is 12.0 Å². The molecule has 1 atom stereocenters. The summed E-state index contributed by atoms with van der Waals surface area (Å²) >= 11 is 5.36. The molecule has 0 bridgehead atoms. The maximum atomic E-state index is 3.52. The molecule has 0 spiro atoms. The Bertz CT molecular complexity index is 281. The first-order chi connectivity index (χ1) is 7.21. The second kappa shape index (κ2) is 6.66. The third-order valence-electron chi connectivity index (χ3n) is 3.01. The fraction of sp³-hybridized carbons (Fsp3) is 0.667. The van der Waals surface area contributed by atoms with Crippen molar-refractivity contribution in [2.24, 2.45) is 5.92 Å². The summed E-state index contributed by atoms with van der Waals surface area (Å²) in [6.07, 6.45) is 3.80. The first-order valence-electron chi connectivity index (χ1n) is 5.63. The number of rotatable bonds is 6. The quantitative estimate of drug-likeness (QED) is 0.807. The van der Waals surface area contributed by atoms with Crippen molar-refractivity contribution >= 4 is 27.3 Å². The molecule has 3 heteroatoms. The molecule has 86 valence electrons. The minimum Gasteiger partial charge on any atom is -0.312 e. The monoisotopic (exact) mass is 289 g/mol. The predicted molar refractivity (Wildman–Crippen MR) is 72.5 cm³/mol. The minimum atomic E-state index is 0.520. The molecule has 0 aromatic carbocycles. The summed E-state index contributed by atoms with van der Waals surface area (Å²) in [5.41, 5.74) is 0. The Morgan fingerprint density at radius 3 is 2.40 bits per heavy atom. The van der Waals surface area contributed by atoms with Crippen molar-refractivity contribution in [2.45, 2.75) is 39.2 Å². The van der Waals surface area contributed by atoms with Gasteiger partial charge in [-0.2, -0.15) is 0 Å². The van der Waals surface area contributed by atoms with E-state index in [4.69, 9.17) is 0 Å². The molecule has 15 heavy (non-hydrogen) atoms. The lowest BCUT2D eigenvalue weighted by Gasteiger charge is -2.20. The summed E-state index contributed by atoms with van der Waals surface area (Å²) in [6, 6.07) is 4.88. The summed E-state index contributed by atoms with van der Waals surface area (Å²) in [5.74, 6) is 0.836. The number of thiophene rings is 1. The zero-order valence-electron chi connectivity index (χ0n) is 9.72. The third kappa shape index (κ3) is 3.89. The van der Waals surface area contributed by atoms with Crippen LogP contribution in [0.1, 0.15) is 44.0 Å². The molecule has 0 aliphatic rings. The summed E-state index contributed by atoms with van der Waals surface area (Å²) in [6.45, 7) is 4.57. The molecular weight excluding hydrogens is 270 g/mol. The van der Waals surface area contributed by atoms with E-state index in [2.05, 4.69) is 54.3 Å². The van der Waals surface area contributed by atoms with Crippen molar-refractivity contribution < 1.29 is 0 Å². The summed E-state index contributed by atoms with van der Waals surface area (Å²) < 4.78 is 1.22. The first kappa shape index (κ1) is 13.2. The van der Waals surface area contributed by atoms with E-state index in [9.17, 15) is 0 Å². The van der Waals surface area contributed by atoms with Crippen molar-refractivity contribution in [3.63, 3.8) is 0 Å². The smallest absolute Gasteiger partial charge is 0.0701 e. The lowest BCUT2D eigenvalue weighted by molar-refractivity contribution is 0.388. The Kier molecular flexibility index (Phi) is 5.87. The molecular formula is C12H20BrNS. The van der Waals surface area contributed by atoms with Crippen molar-refractivity contribution in [3.05, 3.63) is 20.8 Å². The molecule has 0 fully saturated rings. The second-order valence-corrected chi connectivity index (χ2v) is 6.40. The summed E-state index contributed by atoms with van der Waals surface area (Å²) in [5, 5.41) is 3.42. The van der Waals surface area contributed by atoms with Gasteiger partial charge in [0, 0.05) is 10.9 Å². The van der Waals surface area contributed by atoms with Gasteiger partial charge in [0.2, 0.25) is 0 Å². The molecule has 0 radical (unpaired) electrons. The van der Waals surface area contributed by atoms with E-state index in [1.54, 1.807) is 0 Å². The average molecular weight is 290 g/mol. The highest BCUT2D eigenvalue weighted by Gasteiger charge is 2.15. The molecule has 0 saturated heterocycles. The van der Waals surface area contributed by atoms with E-state index in [0.717, 1.165) is 5.92 Å². The zero-order chi connectivity index (χ0) is 11.3. The maximum Gasteiger partial charge on any atom is 0.0701 e. The van der Waals surface area contributed by atoms with Gasteiger partial charge in [-0.1, -0.05) is 26.7 Å². The van der Waals surface area contributed by atoms with Crippen LogP contribution in [-0.2, 0) is 0 Å². The van der Waals surface area contributed by atoms with Crippen LogP contribution >= 0.6 is 27.3 Å². The van der Waals surface area contributed by atoms with Crippen molar-refractivity contribution in [1.29, 1.82) is 0 Å². The largest absolute Gasteiger partial charge is 0.312 e. The van der Waals surface area contributed by atoms with E-state index in [-0.39, 0.29) is 0 Å². The van der Waals surface area contributed by atoms with E-state index in [1.165, 1.54) is 27.9 Å². The molecule has 0 amide bonds. The average Bonchev–Trinajstić information content (AvgIpc) is 2.67. The van der Waals surface area contributed by atoms with E-state index in [1.807, 2.05) is 11.3 Å². The van der Waals surface area contributed by atoms with Gasteiger partial charge in [-0.3, -0.25) is 0 Å². The van der Waals surface area contributed by atoms with Crippen LogP contribution in [0.5, 0.6) is 0 Å². The van der Waals surface area contributed by atoms with Gasteiger partial charge in [-0.05, 0) is 47.4 Å². The van der Waals surface area contributed by atoms with Crippen LogP contribution in [0.15, 0.2) is 15.9 Å². The van der Waals surface area contributed by atoms with Crippen LogP contribution < -0.4 is 5.32 Å². The van der Waals surface area contributed by atoms with Crippen molar-refractivity contribution in [1.82, 2.24) is 5.32 Å². The van der Waals surface area contributed by atoms with E-state index in [0.29, 0.717) is 6.04 Å². The Morgan fingerprint density at radius 1 is 1.33 bits per heavy atom. The molecule has 0 saturated carbocycles. The van der Waals surface area contributed by atoms with Crippen LogP contribution in [0.3, 0.4) is 0 Å². The fourth-order valence-electron chi connectivity index (χ4n) is 1.85. The normalized spacial score (nSPS) is 13.4. The van der Waals surface area contributed by atoms with Gasteiger partial charge in [0.15, 0.2) is 0 Å². The van der Waals surface area contributed by atoms with Crippen LogP contribution in [0.4, 0.5) is 0 Å². The lowest BCUT2D eigenvalue weighted by atomic mass is 9.94. The van der Waals surface area contributed by atoms with Gasteiger partial charge in [0.05, 0.1) is 3.79 Å². The molecule has 1 nitrogen and oxygen atoms in total. The van der Waals surface area contributed by atoms with Crippen LogP contribution in [0.2, 0.25) is 0 Å². The second-order valence-electron chi connectivity index (χ2n) is 3.90. The molecule has 1 aromatic heterocycles. The lowest BCUT2D eigenvalue weighted by Crippen LogP contribution is -2.18. The summed E-state index contributed by atoms with van der Waals surface area (Å²) in [7, 11) is 2.06. The van der Waals surface area contributed by atoms with Crippen LogP contribution in [0, 0.1) is 5.92 Å².